The number of nitrogens with zero attached hydrogens (tertiary/aromatic N) is 1. The summed E-state index contributed by atoms with van der Waals surface area (Å²) in [5.41, 5.74) is 0.868. The highest BCUT2D eigenvalue weighted by Crippen LogP contribution is 2.38. The van der Waals surface area contributed by atoms with Crippen molar-refractivity contribution in [2.24, 2.45) is 0 Å². The Morgan fingerprint density at radius 1 is 1.33 bits per heavy atom. The smallest absolute Gasteiger partial charge is 0.408 e. The molecule has 3 rings (SSSR count). The van der Waals surface area contributed by atoms with Gasteiger partial charge in [0.05, 0.1) is 12.5 Å². The minimum atomic E-state index is -0.668. The minimum Gasteiger partial charge on any atom is -0.467 e. The van der Waals surface area contributed by atoms with Crippen molar-refractivity contribution >= 4 is 29.7 Å². The van der Waals surface area contributed by atoms with Gasteiger partial charge in [0, 0.05) is 12.2 Å². The van der Waals surface area contributed by atoms with Crippen LogP contribution in [0.5, 0.6) is 0 Å². The molecule has 0 saturated carbocycles. The molecule has 2 aliphatic heterocycles. The Morgan fingerprint density at radius 3 is 2.79 bits per heavy atom. The van der Waals surface area contributed by atoms with E-state index in [4.69, 9.17) is 9.47 Å². The number of methoxy groups -OCH3 is 1. The third-order valence-electron chi connectivity index (χ3n) is 4.06. The lowest BCUT2D eigenvalue weighted by Crippen LogP contribution is -2.47. The Hall–Kier alpha value is -2.22. The number of benzene rings is 1. The van der Waals surface area contributed by atoms with Gasteiger partial charge in [0.15, 0.2) is 0 Å². The first-order valence-electron chi connectivity index (χ1n) is 7.59. The Bertz CT molecular complexity index is 639. The number of amides is 2. The van der Waals surface area contributed by atoms with Crippen LogP contribution in [-0.2, 0) is 25.7 Å². The van der Waals surface area contributed by atoms with Crippen molar-refractivity contribution < 1.29 is 23.9 Å². The molecular formula is C16H18N2O5S. The van der Waals surface area contributed by atoms with Gasteiger partial charge < -0.3 is 19.7 Å². The number of alkyl carbamates (subject to hydrolysis) is 1. The van der Waals surface area contributed by atoms with Crippen molar-refractivity contribution in [1.29, 1.82) is 0 Å². The molecule has 2 fully saturated rings. The number of hydrogen-bond acceptors (Lipinski definition) is 6. The fourth-order valence-electron chi connectivity index (χ4n) is 2.87. The Kier molecular flexibility index (Phi) is 4.94. The summed E-state index contributed by atoms with van der Waals surface area (Å²) in [5, 5.41) is 2.48. The van der Waals surface area contributed by atoms with E-state index in [-0.39, 0.29) is 17.9 Å². The number of rotatable bonds is 4. The van der Waals surface area contributed by atoms with Crippen LogP contribution < -0.4 is 5.32 Å². The molecule has 1 aromatic rings. The summed E-state index contributed by atoms with van der Waals surface area (Å²) in [7, 11) is 1.30. The number of fused-ring (bicyclic) bond motifs is 1. The number of carbonyl (C=O) groups excluding carboxylic acids is 3. The Morgan fingerprint density at radius 2 is 2.08 bits per heavy atom. The second-order valence-corrected chi connectivity index (χ2v) is 6.78. The molecule has 0 spiro atoms. The quantitative estimate of drug-likeness (QED) is 0.820. The van der Waals surface area contributed by atoms with Crippen LogP contribution in [0.2, 0.25) is 0 Å². The molecule has 2 saturated heterocycles. The molecule has 7 nitrogen and oxygen atoms in total. The van der Waals surface area contributed by atoms with Gasteiger partial charge in [0.1, 0.15) is 18.7 Å². The van der Waals surface area contributed by atoms with Crippen LogP contribution in [0.15, 0.2) is 30.3 Å². The first-order valence-corrected chi connectivity index (χ1v) is 8.64. The summed E-state index contributed by atoms with van der Waals surface area (Å²) in [6.45, 7) is 0.139. The monoisotopic (exact) mass is 350 g/mol. The summed E-state index contributed by atoms with van der Waals surface area (Å²) in [5.74, 6) is -0.170. The van der Waals surface area contributed by atoms with E-state index in [2.05, 4.69) is 5.32 Å². The molecule has 0 aliphatic carbocycles. The Balaban J connectivity index is 1.54. The third-order valence-corrected chi connectivity index (χ3v) is 5.37. The number of carbonyl (C=O) groups is 3. The molecule has 0 radical (unpaired) electrons. The molecule has 2 heterocycles. The number of thioether (sulfide) groups is 1. The van der Waals surface area contributed by atoms with Crippen molar-refractivity contribution in [2.45, 2.75) is 30.5 Å². The Labute approximate surface area is 143 Å². The fraction of sp³-hybridized carbons (Fsp3) is 0.438. The van der Waals surface area contributed by atoms with Crippen LogP contribution in [0.25, 0.3) is 0 Å². The summed E-state index contributed by atoms with van der Waals surface area (Å²) in [6, 6.07) is 8.04. The lowest BCUT2D eigenvalue weighted by Gasteiger charge is -2.21. The first kappa shape index (κ1) is 16.6. The van der Waals surface area contributed by atoms with Gasteiger partial charge in [0.2, 0.25) is 5.91 Å². The molecule has 8 heteroatoms. The van der Waals surface area contributed by atoms with E-state index in [0.717, 1.165) is 5.56 Å². The number of hydrogen-bond donors (Lipinski definition) is 1. The zero-order valence-electron chi connectivity index (χ0n) is 13.1. The van der Waals surface area contributed by atoms with E-state index in [9.17, 15) is 14.4 Å². The molecule has 0 aromatic heterocycles. The van der Waals surface area contributed by atoms with Crippen LogP contribution in [0, 0.1) is 0 Å². The first-order chi connectivity index (χ1) is 11.6. The second-order valence-electron chi connectivity index (χ2n) is 5.57. The highest BCUT2D eigenvalue weighted by Gasteiger charge is 2.50. The minimum absolute atomic E-state index is 0.110. The highest BCUT2D eigenvalue weighted by atomic mass is 32.2. The van der Waals surface area contributed by atoms with Gasteiger partial charge in [-0.05, 0) is 5.56 Å². The molecule has 24 heavy (non-hydrogen) atoms. The highest BCUT2D eigenvalue weighted by molar-refractivity contribution is 8.00. The zero-order valence-corrected chi connectivity index (χ0v) is 14.0. The summed E-state index contributed by atoms with van der Waals surface area (Å²) in [4.78, 5) is 37.6. The van der Waals surface area contributed by atoms with Crippen molar-refractivity contribution in [1.82, 2.24) is 10.2 Å². The van der Waals surface area contributed by atoms with Gasteiger partial charge in [-0.2, -0.15) is 0 Å². The number of esters is 1. The summed E-state index contributed by atoms with van der Waals surface area (Å²) < 4.78 is 9.87. The van der Waals surface area contributed by atoms with Crippen molar-refractivity contribution in [3.63, 3.8) is 0 Å². The predicted octanol–water partition coefficient (Wildman–Crippen LogP) is 1.13. The van der Waals surface area contributed by atoms with Gasteiger partial charge in [0.25, 0.3) is 0 Å². The second kappa shape index (κ2) is 7.12. The van der Waals surface area contributed by atoms with Gasteiger partial charge in [-0.1, -0.05) is 30.3 Å². The average Bonchev–Trinajstić information content (AvgIpc) is 3.14. The maximum Gasteiger partial charge on any atom is 0.408 e. The van der Waals surface area contributed by atoms with E-state index in [1.165, 1.54) is 23.8 Å². The van der Waals surface area contributed by atoms with Crippen molar-refractivity contribution in [2.75, 3.05) is 12.9 Å². The number of ether oxygens (including phenoxy) is 2. The van der Waals surface area contributed by atoms with E-state index >= 15 is 0 Å². The number of nitrogens with one attached hydrogen (secondary N) is 1. The SMILES string of the molecule is COC(=O)[C@H]1CS[C@@H]2C[C@H](NC(=O)OCc3ccccc3)C(=O)N12. The molecule has 0 unspecified atom stereocenters. The molecule has 3 atom stereocenters. The molecule has 1 aromatic carbocycles. The fourth-order valence-corrected chi connectivity index (χ4v) is 4.31. The van der Waals surface area contributed by atoms with Crippen molar-refractivity contribution in [3.05, 3.63) is 35.9 Å². The van der Waals surface area contributed by atoms with Gasteiger partial charge in [-0.3, -0.25) is 4.79 Å². The normalized spacial score (nSPS) is 25.3. The lowest BCUT2D eigenvalue weighted by atomic mass is 10.2. The van der Waals surface area contributed by atoms with Crippen LogP contribution in [0.3, 0.4) is 0 Å². The molecule has 2 aliphatic rings. The topological polar surface area (TPSA) is 84.9 Å². The van der Waals surface area contributed by atoms with Crippen LogP contribution in [-0.4, -0.2) is 53.2 Å². The van der Waals surface area contributed by atoms with E-state index in [1.54, 1.807) is 0 Å². The molecule has 128 valence electrons. The summed E-state index contributed by atoms with van der Waals surface area (Å²) in [6.07, 6.45) is -0.185. The van der Waals surface area contributed by atoms with E-state index in [1.807, 2.05) is 30.3 Å². The summed E-state index contributed by atoms with van der Waals surface area (Å²) >= 11 is 1.52. The third kappa shape index (κ3) is 3.33. The molecular weight excluding hydrogens is 332 g/mol. The molecule has 1 N–H and O–H groups in total. The molecule has 0 bridgehead atoms. The van der Waals surface area contributed by atoms with E-state index in [0.29, 0.717) is 12.2 Å². The molecule has 2 amide bonds. The van der Waals surface area contributed by atoms with Gasteiger partial charge >= 0.3 is 12.1 Å². The van der Waals surface area contributed by atoms with Crippen LogP contribution >= 0.6 is 11.8 Å². The predicted molar refractivity (Wildman–Crippen MR) is 87.1 cm³/mol. The lowest BCUT2D eigenvalue weighted by molar-refractivity contribution is -0.150. The van der Waals surface area contributed by atoms with Crippen LogP contribution in [0.4, 0.5) is 4.79 Å². The largest absolute Gasteiger partial charge is 0.467 e. The van der Waals surface area contributed by atoms with Crippen LogP contribution in [0.1, 0.15) is 12.0 Å². The zero-order chi connectivity index (χ0) is 17.1. The maximum atomic E-state index is 12.5. The van der Waals surface area contributed by atoms with E-state index < -0.39 is 24.1 Å². The maximum absolute atomic E-state index is 12.5. The standard InChI is InChI=1S/C16H18N2O5S/c1-22-15(20)12-9-24-13-7-11(14(19)18(12)13)17-16(21)23-8-10-5-3-2-4-6-10/h2-6,11-13H,7-9H2,1H3,(H,17,21)/t11-,12+,13+/m0/s1. The average molecular weight is 350 g/mol. The van der Waals surface area contributed by atoms with Gasteiger partial charge in [-0.15, -0.1) is 11.8 Å². The van der Waals surface area contributed by atoms with Gasteiger partial charge in [-0.25, -0.2) is 9.59 Å². The van der Waals surface area contributed by atoms with Crippen molar-refractivity contribution in [3.8, 4) is 0 Å².